The molecule has 3 rings (SSSR count). The van der Waals surface area contributed by atoms with E-state index in [0.29, 0.717) is 18.1 Å². The van der Waals surface area contributed by atoms with Crippen molar-refractivity contribution in [2.75, 3.05) is 6.54 Å². The molecule has 0 unspecified atom stereocenters. The van der Waals surface area contributed by atoms with Gasteiger partial charge in [-0.25, -0.2) is 4.98 Å². The molecule has 0 radical (unpaired) electrons. The molecule has 0 bridgehead atoms. The van der Waals surface area contributed by atoms with E-state index in [-0.39, 0.29) is 5.75 Å². The highest BCUT2D eigenvalue weighted by Gasteiger charge is 2.12. The molecule has 0 saturated heterocycles. The first kappa shape index (κ1) is 17.6. The zero-order valence-electron chi connectivity index (χ0n) is 14.2. The SMILES string of the molecule is Cc1ccc(CN(CCCn2ccnc2)Cc2cc(Cl)ccc2O)o1. The maximum absolute atomic E-state index is 10.1. The van der Waals surface area contributed by atoms with Gasteiger partial charge >= 0.3 is 0 Å². The smallest absolute Gasteiger partial charge is 0.120 e. The van der Waals surface area contributed by atoms with Crippen LogP contribution in [-0.2, 0) is 19.6 Å². The van der Waals surface area contributed by atoms with Crippen LogP contribution >= 0.6 is 11.6 Å². The average molecular weight is 360 g/mol. The molecule has 0 fully saturated rings. The second-order valence-corrected chi connectivity index (χ2v) is 6.59. The lowest BCUT2D eigenvalue weighted by Gasteiger charge is -2.22. The molecule has 5 nitrogen and oxygen atoms in total. The van der Waals surface area contributed by atoms with Gasteiger partial charge in [0.1, 0.15) is 17.3 Å². The summed E-state index contributed by atoms with van der Waals surface area (Å²) in [5, 5.41) is 10.7. The molecule has 0 atom stereocenters. The maximum Gasteiger partial charge on any atom is 0.120 e. The number of furan rings is 1. The number of phenols is 1. The Balaban J connectivity index is 1.67. The molecule has 0 aliphatic heterocycles. The third-order valence-corrected chi connectivity index (χ3v) is 4.30. The van der Waals surface area contributed by atoms with Gasteiger partial charge in [-0.1, -0.05) is 11.6 Å². The number of rotatable bonds is 8. The van der Waals surface area contributed by atoms with E-state index in [1.165, 1.54) is 0 Å². The number of hydrogen-bond acceptors (Lipinski definition) is 4. The third-order valence-electron chi connectivity index (χ3n) is 4.06. The highest BCUT2D eigenvalue weighted by molar-refractivity contribution is 6.30. The summed E-state index contributed by atoms with van der Waals surface area (Å²) in [5.74, 6) is 2.08. The van der Waals surface area contributed by atoms with E-state index < -0.39 is 0 Å². The van der Waals surface area contributed by atoms with Gasteiger partial charge in [-0.05, 0) is 43.7 Å². The van der Waals surface area contributed by atoms with Crippen LogP contribution in [0.15, 0.2) is 53.5 Å². The second kappa shape index (κ2) is 8.23. The Bertz CT molecular complexity index is 799. The predicted molar refractivity (Wildman–Crippen MR) is 97.5 cm³/mol. The Labute approximate surface area is 152 Å². The number of aromatic hydroxyl groups is 1. The molecule has 25 heavy (non-hydrogen) atoms. The van der Waals surface area contributed by atoms with E-state index in [0.717, 1.165) is 36.6 Å². The first-order valence-electron chi connectivity index (χ1n) is 8.31. The molecular formula is C19H22ClN3O2. The molecule has 0 amide bonds. The third kappa shape index (κ3) is 5.11. The van der Waals surface area contributed by atoms with Gasteiger partial charge in [-0.3, -0.25) is 4.90 Å². The number of hydrogen-bond donors (Lipinski definition) is 1. The maximum atomic E-state index is 10.1. The number of phenolic OH excluding ortho intramolecular Hbond substituents is 1. The fourth-order valence-corrected chi connectivity index (χ4v) is 3.02. The van der Waals surface area contributed by atoms with Gasteiger partial charge in [0.25, 0.3) is 0 Å². The molecule has 0 spiro atoms. The van der Waals surface area contributed by atoms with Gasteiger partial charge in [0.05, 0.1) is 12.9 Å². The van der Waals surface area contributed by atoms with Gasteiger partial charge in [0.15, 0.2) is 0 Å². The van der Waals surface area contributed by atoms with Crippen molar-refractivity contribution < 1.29 is 9.52 Å². The summed E-state index contributed by atoms with van der Waals surface area (Å²) < 4.78 is 7.77. The number of nitrogens with zero attached hydrogens (tertiary/aromatic N) is 3. The summed E-state index contributed by atoms with van der Waals surface area (Å²) in [5.41, 5.74) is 0.818. The van der Waals surface area contributed by atoms with Crippen molar-refractivity contribution >= 4 is 11.6 Å². The molecule has 0 aliphatic carbocycles. The van der Waals surface area contributed by atoms with Crippen LogP contribution < -0.4 is 0 Å². The Hall–Kier alpha value is -2.24. The molecule has 2 heterocycles. The van der Waals surface area contributed by atoms with Crippen molar-refractivity contribution in [2.45, 2.75) is 33.0 Å². The predicted octanol–water partition coefficient (Wildman–Crippen LogP) is 4.24. The lowest BCUT2D eigenvalue weighted by molar-refractivity contribution is 0.225. The van der Waals surface area contributed by atoms with Crippen LogP contribution in [0.1, 0.15) is 23.5 Å². The van der Waals surface area contributed by atoms with Crippen LogP contribution in [0.4, 0.5) is 0 Å². The minimum atomic E-state index is 0.264. The molecule has 1 aromatic carbocycles. The van der Waals surface area contributed by atoms with E-state index in [2.05, 4.69) is 14.5 Å². The molecule has 0 aliphatic rings. The summed E-state index contributed by atoms with van der Waals surface area (Å²) in [6.45, 7) is 4.99. The van der Waals surface area contributed by atoms with Gasteiger partial charge in [-0.15, -0.1) is 0 Å². The zero-order chi connectivity index (χ0) is 17.6. The zero-order valence-corrected chi connectivity index (χ0v) is 15.0. The van der Waals surface area contributed by atoms with Gasteiger partial charge in [0, 0.05) is 42.6 Å². The lowest BCUT2D eigenvalue weighted by Crippen LogP contribution is -2.24. The summed E-state index contributed by atoms with van der Waals surface area (Å²) in [7, 11) is 0. The minimum absolute atomic E-state index is 0.264. The van der Waals surface area contributed by atoms with Crippen LogP contribution in [0.25, 0.3) is 0 Å². The van der Waals surface area contributed by atoms with Gasteiger partial charge in [-0.2, -0.15) is 0 Å². The topological polar surface area (TPSA) is 54.4 Å². The lowest BCUT2D eigenvalue weighted by atomic mass is 10.1. The number of aromatic nitrogens is 2. The summed E-state index contributed by atoms with van der Waals surface area (Å²) in [6, 6.07) is 9.11. The van der Waals surface area contributed by atoms with E-state index in [1.807, 2.05) is 37.6 Å². The Morgan fingerprint density at radius 2 is 2.12 bits per heavy atom. The van der Waals surface area contributed by atoms with Crippen LogP contribution in [0.3, 0.4) is 0 Å². The summed E-state index contributed by atoms with van der Waals surface area (Å²) in [6.07, 6.45) is 6.54. The quantitative estimate of drug-likeness (QED) is 0.653. The van der Waals surface area contributed by atoms with Crippen LogP contribution in [0.5, 0.6) is 5.75 Å². The Kier molecular flexibility index (Phi) is 5.79. The van der Waals surface area contributed by atoms with Crippen molar-refractivity contribution in [3.05, 3.63) is 71.2 Å². The van der Waals surface area contributed by atoms with Gasteiger partial charge < -0.3 is 14.1 Å². The molecular weight excluding hydrogens is 338 g/mol. The first-order chi connectivity index (χ1) is 12.1. The molecule has 0 saturated carbocycles. The summed E-state index contributed by atoms with van der Waals surface area (Å²) in [4.78, 5) is 6.32. The monoisotopic (exact) mass is 359 g/mol. The Morgan fingerprint density at radius 1 is 1.24 bits per heavy atom. The number of halogens is 1. The van der Waals surface area contributed by atoms with E-state index in [4.69, 9.17) is 16.0 Å². The fourth-order valence-electron chi connectivity index (χ4n) is 2.82. The average Bonchev–Trinajstić information content (AvgIpc) is 3.23. The largest absolute Gasteiger partial charge is 0.508 e. The van der Waals surface area contributed by atoms with Crippen molar-refractivity contribution in [3.8, 4) is 5.75 Å². The van der Waals surface area contributed by atoms with Crippen molar-refractivity contribution in [1.29, 1.82) is 0 Å². The normalized spacial score (nSPS) is 11.3. The van der Waals surface area contributed by atoms with E-state index in [9.17, 15) is 5.11 Å². The minimum Gasteiger partial charge on any atom is -0.508 e. The first-order valence-corrected chi connectivity index (χ1v) is 8.69. The van der Waals surface area contributed by atoms with Crippen LogP contribution in [-0.4, -0.2) is 26.1 Å². The molecule has 3 aromatic rings. The van der Waals surface area contributed by atoms with E-state index in [1.54, 1.807) is 18.3 Å². The van der Waals surface area contributed by atoms with Gasteiger partial charge in [0.2, 0.25) is 0 Å². The fraction of sp³-hybridized carbons (Fsp3) is 0.316. The van der Waals surface area contributed by atoms with E-state index >= 15 is 0 Å². The van der Waals surface area contributed by atoms with Crippen molar-refractivity contribution in [2.24, 2.45) is 0 Å². The number of benzene rings is 1. The van der Waals surface area contributed by atoms with Crippen molar-refractivity contribution in [3.63, 3.8) is 0 Å². The molecule has 132 valence electrons. The second-order valence-electron chi connectivity index (χ2n) is 6.15. The number of imidazole rings is 1. The molecule has 1 N–H and O–H groups in total. The highest BCUT2D eigenvalue weighted by Crippen LogP contribution is 2.24. The van der Waals surface area contributed by atoms with Crippen LogP contribution in [0.2, 0.25) is 5.02 Å². The van der Waals surface area contributed by atoms with Crippen molar-refractivity contribution in [1.82, 2.24) is 14.5 Å². The molecule has 2 aromatic heterocycles. The highest BCUT2D eigenvalue weighted by atomic mass is 35.5. The molecule has 6 heteroatoms. The Morgan fingerprint density at radius 3 is 2.84 bits per heavy atom. The van der Waals surface area contributed by atoms with Crippen LogP contribution in [0, 0.1) is 6.92 Å². The standard InChI is InChI=1S/C19H22ClN3O2/c1-15-3-5-18(25-15)13-23(9-2-8-22-10-7-21-14-22)12-16-11-17(20)4-6-19(16)24/h3-7,10-11,14,24H,2,8-9,12-13H2,1H3. The number of aryl methyl sites for hydroxylation is 2. The summed E-state index contributed by atoms with van der Waals surface area (Å²) >= 11 is 6.08.